The van der Waals surface area contributed by atoms with E-state index < -0.39 is 36.1 Å². The van der Waals surface area contributed by atoms with E-state index in [0.717, 1.165) is 4.90 Å². The van der Waals surface area contributed by atoms with Gasteiger partial charge in [-0.3, -0.25) is 4.79 Å². The Labute approximate surface area is 151 Å². The molecule has 1 aromatic carbocycles. The Bertz CT molecular complexity index is 663. The topological polar surface area (TPSA) is 70.1 Å². The maximum absolute atomic E-state index is 13.9. The van der Waals surface area contributed by atoms with Gasteiger partial charge in [-0.05, 0) is 30.7 Å². The van der Waals surface area contributed by atoms with Crippen molar-refractivity contribution < 1.29 is 18.0 Å². The lowest BCUT2D eigenvalue weighted by Gasteiger charge is -2.38. The van der Waals surface area contributed by atoms with Crippen LogP contribution in [0.5, 0.6) is 0 Å². The molecule has 1 aromatic rings. The van der Waals surface area contributed by atoms with E-state index in [9.17, 15) is 23.2 Å². The molecular formula is C19H24F3N3O. The van der Waals surface area contributed by atoms with E-state index in [4.69, 9.17) is 5.73 Å². The fourth-order valence-electron chi connectivity index (χ4n) is 3.17. The number of carbonyl (C=O) groups excluding carboxylic acids is 1. The van der Waals surface area contributed by atoms with Gasteiger partial charge in [0, 0.05) is 6.42 Å². The second kappa shape index (κ2) is 7.67. The maximum atomic E-state index is 13.9. The van der Waals surface area contributed by atoms with Crippen LogP contribution < -0.4 is 5.73 Å². The van der Waals surface area contributed by atoms with Crippen LogP contribution in [0.2, 0.25) is 0 Å². The van der Waals surface area contributed by atoms with Gasteiger partial charge in [0.15, 0.2) is 0 Å². The maximum Gasteiger partial charge on any atom is 0.409 e. The van der Waals surface area contributed by atoms with Crippen LogP contribution in [0.15, 0.2) is 30.3 Å². The average molecular weight is 367 g/mol. The van der Waals surface area contributed by atoms with Gasteiger partial charge in [-0.25, -0.2) is 0 Å². The van der Waals surface area contributed by atoms with Crippen molar-refractivity contribution in [1.29, 1.82) is 5.26 Å². The van der Waals surface area contributed by atoms with Crippen molar-refractivity contribution in [1.82, 2.24) is 4.90 Å². The third kappa shape index (κ3) is 4.55. The van der Waals surface area contributed by atoms with Crippen LogP contribution in [0, 0.1) is 17.2 Å². The first kappa shape index (κ1) is 20.2. The number of alkyl halides is 3. The van der Waals surface area contributed by atoms with E-state index in [-0.39, 0.29) is 25.2 Å². The molecule has 2 atom stereocenters. The SMILES string of the molecule is CC(C)C[C@H](N)C(=O)N(C(Cc1ccccc1)C(F)(F)F)C1(C#N)CC1. The number of amides is 1. The summed E-state index contributed by atoms with van der Waals surface area (Å²) in [6.07, 6.45) is -4.30. The van der Waals surface area contributed by atoms with Crippen LogP contribution in [0.3, 0.4) is 0 Å². The molecule has 1 aliphatic carbocycles. The molecule has 26 heavy (non-hydrogen) atoms. The molecule has 0 bridgehead atoms. The quantitative estimate of drug-likeness (QED) is 0.803. The first-order chi connectivity index (χ1) is 12.1. The van der Waals surface area contributed by atoms with Gasteiger partial charge >= 0.3 is 6.18 Å². The Hall–Kier alpha value is -2.07. The molecule has 1 saturated carbocycles. The fraction of sp³-hybridized carbons (Fsp3) is 0.579. The normalized spacial score (nSPS) is 18.1. The summed E-state index contributed by atoms with van der Waals surface area (Å²) >= 11 is 0. The second-order valence-electron chi connectivity index (χ2n) is 7.33. The van der Waals surface area contributed by atoms with E-state index in [2.05, 4.69) is 0 Å². The van der Waals surface area contributed by atoms with Gasteiger partial charge in [-0.2, -0.15) is 18.4 Å². The Morgan fingerprint density at radius 3 is 2.31 bits per heavy atom. The van der Waals surface area contributed by atoms with Gasteiger partial charge in [0.1, 0.15) is 11.6 Å². The Morgan fingerprint density at radius 1 is 1.31 bits per heavy atom. The standard InChI is InChI=1S/C19H24F3N3O/c1-13(2)10-15(24)17(26)25(18(12-23)8-9-18)16(19(20,21)22)11-14-6-4-3-5-7-14/h3-7,13,15-16H,8-11,24H2,1-2H3/t15-,16?/m0/s1. The first-order valence-corrected chi connectivity index (χ1v) is 8.71. The molecule has 142 valence electrons. The number of nitriles is 1. The van der Waals surface area contributed by atoms with Crippen molar-refractivity contribution in [3.8, 4) is 6.07 Å². The molecule has 0 saturated heterocycles. The molecule has 0 radical (unpaired) electrons. The molecule has 1 fully saturated rings. The van der Waals surface area contributed by atoms with Crippen LogP contribution in [-0.4, -0.2) is 34.6 Å². The zero-order chi connectivity index (χ0) is 19.5. The minimum Gasteiger partial charge on any atom is -0.320 e. The third-order valence-corrected chi connectivity index (χ3v) is 4.63. The molecule has 2 rings (SSSR count). The molecule has 1 amide bonds. The molecular weight excluding hydrogens is 343 g/mol. The van der Waals surface area contributed by atoms with E-state index in [0.29, 0.717) is 5.56 Å². The van der Waals surface area contributed by atoms with Crippen LogP contribution in [0.4, 0.5) is 13.2 Å². The lowest BCUT2D eigenvalue weighted by atomic mass is 9.98. The van der Waals surface area contributed by atoms with Crippen molar-refractivity contribution in [2.75, 3.05) is 0 Å². The molecule has 2 N–H and O–H groups in total. The van der Waals surface area contributed by atoms with Crippen molar-refractivity contribution in [3.63, 3.8) is 0 Å². The predicted molar refractivity (Wildman–Crippen MR) is 91.8 cm³/mol. The van der Waals surface area contributed by atoms with Crippen molar-refractivity contribution in [2.24, 2.45) is 11.7 Å². The molecule has 4 nitrogen and oxygen atoms in total. The highest BCUT2D eigenvalue weighted by atomic mass is 19.4. The second-order valence-corrected chi connectivity index (χ2v) is 7.33. The van der Waals surface area contributed by atoms with Crippen molar-refractivity contribution in [3.05, 3.63) is 35.9 Å². The minimum absolute atomic E-state index is 0.0616. The highest BCUT2D eigenvalue weighted by Gasteiger charge is 2.59. The fourth-order valence-corrected chi connectivity index (χ4v) is 3.17. The zero-order valence-electron chi connectivity index (χ0n) is 15.0. The van der Waals surface area contributed by atoms with Gasteiger partial charge < -0.3 is 10.6 Å². The number of rotatable bonds is 7. The summed E-state index contributed by atoms with van der Waals surface area (Å²) in [6, 6.07) is 6.99. The Kier molecular flexibility index (Phi) is 5.97. The van der Waals surface area contributed by atoms with Crippen molar-refractivity contribution >= 4 is 5.91 Å². The number of hydrogen-bond acceptors (Lipinski definition) is 3. The Balaban J connectivity index is 2.40. The van der Waals surface area contributed by atoms with Crippen LogP contribution >= 0.6 is 0 Å². The number of benzene rings is 1. The van der Waals surface area contributed by atoms with Gasteiger partial charge in [0.05, 0.1) is 12.1 Å². The summed E-state index contributed by atoms with van der Waals surface area (Å²) in [4.78, 5) is 13.6. The lowest BCUT2D eigenvalue weighted by molar-refractivity contribution is -0.195. The van der Waals surface area contributed by atoms with Crippen molar-refractivity contribution in [2.45, 2.75) is 63.3 Å². The summed E-state index contributed by atoms with van der Waals surface area (Å²) in [5.74, 6) is -0.734. The number of carbonyl (C=O) groups is 1. The van der Waals surface area contributed by atoms with E-state index in [1.54, 1.807) is 30.3 Å². The van der Waals surface area contributed by atoms with E-state index in [1.807, 2.05) is 19.9 Å². The molecule has 7 heteroatoms. The smallest absolute Gasteiger partial charge is 0.320 e. The summed E-state index contributed by atoms with van der Waals surface area (Å²) in [6.45, 7) is 3.69. The molecule has 1 unspecified atom stereocenters. The highest BCUT2D eigenvalue weighted by Crippen LogP contribution is 2.46. The molecule has 0 aliphatic heterocycles. The van der Waals surface area contributed by atoms with Gasteiger partial charge in [0.2, 0.25) is 5.91 Å². The van der Waals surface area contributed by atoms with Gasteiger partial charge in [0.25, 0.3) is 0 Å². The first-order valence-electron chi connectivity index (χ1n) is 8.71. The largest absolute Gasteiger partial charge is 0.409 e. The number of nitrogens with two attached hydrogens (primary N) is 1. The Morgan fingerprint density at radius 2 is 1.88 bits per heavy atom. The molecule has 1 aliphatic rings. The number of halogens is 3. The van der Waals surface area contributed by atoms with E-state index >= 15 is 0 Å². The van der Waals surface area contributed by atoms with E-state index in [1.165, 1.54) is 0 Å². The highest BCUT2D eigenvalue weighted by molar-refractivity contribution is 5.84. The molecule has 0 aromatic heterocycles. The third-order valence-electron chi connectivity index (χ3n) is 4.63. The minimum atomic E-state index is -4.66. The summed E-state index contributed by atoms with van der Waals surface area (Å²) in [5.41, 5.74) is 4.96. The van der Waals surface area contributed by atoms with Gasteiger partial charge in [-0.1, -0.05) is 44.2 Å². The van der Waals surface area contributed by atoms with Gasteiger partial charge in [-0.15, -0.1) is 0 Å². The monoisotopic (exact) mass is 367 g/mol. The van der Waals surface area contributed by atoms with Crippen LogP contribution in [-0.2, 0) is 11.2 Å². The van der Waals surface area contributed by atoms with Crippen LogP contribution in [0.1, 0.15) is 38.7 Å². The average Bonchev–Trinajstić information content (AvgIpc) is 3.34. The van der Waals surface area contributed by atoms with Crippen LogP contribution in [0.25, 0.3) is 0 Å². The molecule has 0 spiro atoms. The molecule has 0 heterocycles. The summed E-state index contributed by atoms with van der Waals surface area (Å²) < 4.78 is 41.7. The number of hydrogen-bond donors (Lipinski definition) is 1. The summed E-state index contributed by atoms with van der Waals surface area (Å²) in [7, 11) is 0. The zero-order valence-corrected chi connectivity index (χ0v) is 15.0. The summed E-state index contributed by atoms with van der Waals surface area (Å²) in [5, 5.41) is 9.47. The predicted octanol–water partition coefficient (Wildman–Crippen LogP) is 3.42. The lowest BCUT2D eigenvalue weighted by Crippen LogP contribution is -2.59. The number of nitrogens with zero attached hydrogens (tertiary/aromatic N) is 2.